The van der Waals surface area contributed by atoms with Crippen LogP contribution < -0.4 is 10.5 Å². The Labute approximate surface area is 150 Å². The molecule has 0 aliphatic rings. The predicted molar refractivity (Wildman–Crippen MR) is 91.6 cm³/mol. The van der Waals surface area contributed by atoms with Crippen molar-refractivity contribution >= 4 is 43.5 Å². The maximum atomic E-state index is 14.0. The lowest BCUT2D eigenvalue weighted by Gasteiger charge is -2.14. The number of carbonyl (C=O) groups is 2. The average molecular weight is 431 g/mol. The molecule has 7 nitrogen and oxygen atoms in total. The smallest absolute Gasteiger partial charge is 0.338 e. The summed E-state index contributed by atoms with van der Waals surface area (Å²) in [6.45, 7) is 1.41. The Bertz CT molecular complexity index is 992. The summed E-state index contributed by atoms with van der Waals surface area (Å²) in [7, 11) is -4.38. The highest BCUT2D eigenvalue weighted by Crippen LogP contribution is 2.28. The Morgan fingerprint density at radius 3 is 2.44 bits per heavy atom. The fraction of sp³-hybridized carbons (Fsp3) is 0.0667. The zero-order valence-corrected chi connectivity index (χ0v) is 15.1. The van der Waals surface area contributed by atoms with Crippen molar-refractivity contribution in [3.63, 3.8) is 0 Å². The summed E-state index contributed by atoms with van der Waals surface area (Å²) < 4.78 is 41.3. The van der Waals surface area contributed by atoms with Gasteiger partial charge >= 0.3 is 5.97 Å². The molecule has 0 fully saturated rings. The number of aryl methyl sites for hydroxylation is 1. The van der Waals surface area contributed by atoms with Gasteiger partial charge in [-0.15, -0.1) is 0 Å². The van der Waals surface area contributed by atoms with E-state index in [4.69, 9.17) is 5.73 Å². The number of amides is 1. The molecule has 0 radical (unpaired) electrons. The highest BCUT2D eigenvalue weighted by molar-refractivity contribution is 9.10. The minimum Gasteiger partial charge on any atom is -0.478 e. The summed E-state index contributed by atoms with van der Waals surface area (Å²) in [4.78, 5) is 22.2. The Morgan fingerprint density at radius 2 is 1.88 bits per heavy atom. The van der Waals surface area contributed by atoms with E-state index in [1.165, 1.54) is 25.1 Å². The lowest BCUT2D eigenvalue weighted by Crippen LogP contribution is -2.19. The van der Waals surface area contributed by atoms with Crippen LogP contribution in [0, 0.1) is 12.7 Å². The zero-order chi connectivity index (χ0) is 18.9. The number of benzene rings is 2. The van der Waals surface area contributed by atoms with E-state index in [2.05, 4.69) is 15.9 Å². The largest absolute Gasteiger partial charge is 0.478 e. The lowest BCUT2D eigenvalue weighted by molar-refractivity contribution is 0.0696. The molecule has 0 aliphatic carbocycles. The number of nitrogens with two attached hydrogens (primary N) is 1. The van der Waals surface area contributed by atoms with Crippen LogP contribution in [0.15, 0.2) is 39.7 Å². The van der Waals surface area contributed by atoms with Gasteiger partial charge in [0.2, 0.25) is 5.91 Å². The Morgan fingerprint density at radius 1 is 1.24 bits per heavy atom. The van der Waals surface area contributed by atoms with Crippen molar-refractivity contribution in [1.29, 1.82) is 0 Å². The summed E-state index contributed by atoms with van der Waals surface area (Å²) in [5.41, 5.74) is 4.04. The molecule has 132 valence electrons. The highest BCUT2D eigenvalue weighted by Gasteiger charge is 2.24. The SMILES string of the molecule is Cc1ccc(F)c(NS(=O)(=O)c2cc(Br)cc(C(N)=O)c2)c1C(=O)O. The fourth-order valence-corrected chi connectivity index (χ4v) is 3.91. The normalized spacial score (nSPS) is 11.2. The number of anilines is 1. The molecule has 2 aromatic rings. The number of nitrogens with one attached hydrogen (secondary N) is 1. The third-order valence-electron chi connectivity index (χ3n) is 3.28. The van der Waals surface area contributed by atoms with Crippen LogP contribution in [-0.4, -0.2) is 25.4 Å². The van der Waals surface area contributed by atoms with E-state index in [1.54, 1.807) is 0 Å². The molecule has 4 N–H and O–H groups in total. The number of carbonyl (C=O) groups excluding carboxylic acids is 1. The van der Waals surface area contributed by atoms with Crippen LogP contribution in [0.25, 0.3) is 0 Å². The monoisotopic (exact) mass is 430 g/mol. The molecule has 1 amide bonds. The van der Waals surface area contributed by atoms with Crippen LogP contribution in [0.5, 0.6) is 0 Å². The van der Waals surface area contributed by atoms with Gasteiger partial charge in [0.1, 0.15) is 5.82 Å². The molecular weight excluding hydrogens is 419 g/mol. The quantitative estimate of drug-likeness (QED) is 0.671. The number of hydrogen-bond acceptors (Lipinski definition) is 4. The maximum absolute atomic E-state index is 14.0. The van der Waals surface area contributed by atoms with Gasteiger partial charge in [0.25, 0.3) is 10.0 Å². The first-order chi connectivity index (χ1) is 11.5. The molecule has 2 aromatic carbocycles. The number of hydrogen-bond donors (Lipinski definition) is 3. The molecule has 25 heavy (non-hydrogen) atoms. The number of carboxylic acid groups (broad SMARTS) is 1. The van der Waals surface area contributed by atoms with Gasteiger partial charge < -0.3 is 10.8 Å². The van der Waals surface area contributed by atoms with Crippen molar-refractivity contribution in [2.24, 2.45) is 5.73 Å². The third-order valence-corrected chi connectivity index (χ3v) is 5.07. The van der Waals surface area contributed by atoms with E-state index >= 15 is 0 Å². The van der Waals surface area contributed by atoms with E-state index in [9.17, 15) is 27.5 Å². The predicted octanol–water partition coefficient (Wildman–Crippen LogP) is 2.49. The first kappa shape index (κ1) is 18.9. The molecule has 10 heteroatoms. The molecule has 0 saturated carbocycles. The average Bonchev–Trinajstić information content (AvgIpc) is 2.49. The minimum atomic E-state index is -4.38. The molecule has 0 bridgehead atoms. The first-order valence-corrected chi connectivity index (χ1v) is 8.96. The van der Waals surface area contributed by atoms with Crippen molar-refractivity contribution in [3.05, 3.63) is 57.3 Å². The zero-order valence-electron chi connectivity index (χ0n) is 12.7. The Balaban J connectivity index is 2.60. The second-order valence-electron chi connectivity index (χ2n) is 5.06. The Kier molecular flexibility index (Phi) is 5.14. The standard InChI is InChI=1S/C15H12BrFN2O5S/c1-7-2-3-11(17)13(12(7)15(21)22)19-25(23,24)10-5-8(14(18)20)4-9(16)6-10/h2-6,19H,1H3,(H2,18,20)(H,21,22). The van der Waals surface area contributed by atoms with Gasteiger partial charge in [0.05, 0.1) is 16.1 Å². The summed E-state index contributed by atoms with van der Waals surface area (Å²) in [5.74, 6) is -3.39. The summed E-state index contributed by atoms with van der Waals surface area (Å²) >= 11 is 3.05. The first-order valence-electron chi connectivity index (χ1n) is 6.68. The third kappa shape index (κ3) is 3.97. The summed E-state index contributed by atoms with van der Waals surface area (Å²) in [6, 6.07) is 5.67. The number of primary amides is 1. The van der Waals surface area contributed by atoms with Gasteiger partial charge in [0, 0.05) is 10.0 Å². The summed E-state index contributed by atoms with van der Waals surface area (Å²) in [6.07, 6.45) is 0. The molecule has 0 aromatic heterocycles. The summed E-state index contributed by atoms with van der Waals surface area (Å²) in [5, 5.41) is 9.23. The number of halogens is 2. The van der Waals surface area contributed by atoms with Crippen molar-refractivity contribution in [2.45, 2.75) is 11.8 Å². The van der Waals surface area contributed by atoms with Gasteiger partial charge in [-0.05, 0) is 36.8 Å². The fourth-order valence-electron chi connectivity index (χ4n) is 2.11. The lowest BCUT2D eigenvalue weighted by atomic mass is 10.1. The van der Waals surface area contributed by atoms with E-state index in [0.717, 1.165) is 12.1 Å². The van der Waals surface area contributed by atoms with Crippen molar-refractivity contribution < 1.29 is 27.5 Å². The number of sulfonamides is 1. The molecule has 0 unspecified atom stereocenters. The molecule has 0 spiro atoms. The van der Waals surface area contributed by atoms with E-state index in [0.29, 0.717) is 0 Å². The second kappa shape index (κ2) is 6.81. The molecular formula is C15H12BrFN2O5S. The van der Waals surface area contributed by atoms with Crippen molar-refractivity contribution in [1.82, 2.24) is 0 Å². The van der Waals surface area contributed by atoms with E-state index in [1.807, 2.05) is 4.72 Å². The Hall–Kier alpha value is -2.46. The highest BCUT2D eigenvalue weighted by atomic mass is 79.9. The topological polar surface area (TPSA) is 127 Å². The molecule has 0 saturated heterocycles. The number of rotatable bonds is 5. The van der Waals surface area contributed by atoms with Gasteiger partial charge in [-0.1, -0.05) is 22.0 Å². The molecule has 2 rings (SSSR count). The van der Waals surface area contributed by atoms with Crippen molar-refractivity contribution in [2.75, 3.05) is 4.72 Å². The van der Waals surface area contributed by atoms with Gasteiger partial charge in [-0.2, -0.15) is 0 Å². The molecule has 0 heterocycles. The van der Waals surface area contributed by atoms with Crippen LogP contribution >= 0.6 is 15.9 Å². The minimum absolute atomic E-state index is 0.0853. The van der Waals surface area contributed by atoms with Crippen LogP contribution in [0.2, 0.25) is 0 Å². The van der Waals surface area contributed by atoms with Crippen LogP contribution in [0.3, 0.4) is 0 Å². The van der Waals surface area contributed by atoms with Gasteiger partial charge in [-0.3, -0.25) is 9.52 Å². The number of aromatic carboxylic acids is 1. The van der Waals surface area contributed by atoms with Gasteiger partial charge in [0.15, 0.2) is 0 Å². The van der Waals surface area contributed by atoms with Gasteiger partial charge in [-0.25, -0.2) is 17.6 Å². The van der Waals surface area contributed by atoms with E-state index in [-0.39, 0.29) is 20.5 Å². The molecule has 0 aliphatic heterocycles. The van der Waals surface area contributed by atoms with Crippen molar-refractivity contribution in [3.8, 4) is 0 Å². The second-order valence-corrected chi connectivity index (χ2v) is 7.66. The maximum Gasteiger partial charge on any atom is 0.338 e. The van der Waals surface area contributed by atoms with Crippen LogP contribution in [-0.2, 0) is 10.0 Å². The van der Waals surface area contributed by atoms with Crippen LogP contribution in [0.4, 0.5) is 10.1 Å². The number of carboxylic acids is 1. The van der Waals surface area contributed by atoms with Crippen LogP contribution in [0.1, 0.15) is 26.3 Å². The van der Waals surface area contributed by atoms with E-state index < -0.39 is 39.0 Å². The molecule has 0 atom stereocenters.